The van der Waals surface area contributed by atoms with Gasteiger partial charge in [0.15, 0.2) is 0 Å². The average molecular weight is 345 g/mol. The van der Waals surface area contributed by atoms with Crippen molar-refractivity contribution < 1.29 is 4.79 Å². The monoisotopic (exact) mass is 343 g/mol. The van der Waals surface area contributed by atoms with Gasteiger partial charge in [-0.3, -0.25) is 4.79 Å². The Morgan fingerprint density at radius 2 is 2.32 bits per heavy atom. The lowest BCUT2D eigenvalue weighted by atomic mass is 9.95. The van der Waals surface area contributed by atoms with E-state index in [2.05, 4.69) is 15.9 Å². The van der Waals surface area contributed by atoms with Gasteiger partial charge in [-0.2, -0.15) is 0 Å². The summed E-state index contributed by atoms with van der Waals surface area (Å²) >= 11 is 9.58. The summed E-state index contributed by atoms with van der Waals surface area (Å²) in [7, 11) is 0. The molecule has 1 heterocycles. The van der Waals surface area contributed by atoms with Crippen LogP contribution in [0.4, 0.5) is 0 Å². The highest BCUT2D eigenvalue weighted by molar-refractivity contribution is 9.09. The summed E-state index contributed by atoms with van der Waals surface area (Å²) in [5.41, 5.74) is 1.71. The van der Waals surface area contributed by atoms with E-state index in [1.54, 1.807) is 6.07 Å². The summed E-state index contributed by atoms with van der Waals surface area (Å²) in [6, 6.07) is 5.57. The van der Waals surface area contributed by atoms with Crippen LogP contribution in [0.1, 0.15) is 35.2 Å². The molecule has 0 aliphatic carbocycles. The predicted molar refractivity (Wildman–Crippen MR) is 83.2 cm³/mol. The number of rotatable bonds is 3. The number of hydrogen-bond donors (Lipinski definition) is 0. The fraction of sp³-hybridized carbons (Fsp3) is 0.533. The molecular formula is C15H19BrClNO. The van der Waals surface area contributed by atoms with Crippen molar-refractivity contribution in [3.63, 3.8) is 0 Å². The minimum atomic E-state index is 0.112. The van der Waals surface area contributed by atoms with Crippen LogP contribution in [0.5, 0.6) is 0 Å². The highest BCUT2D eigenvalue weighted by Gasteiger charge is 2.24. The number of hydrogen-bond acceptors (Lipinski definition) is 1. The second kappa shape index (κ2) is 6.76. The first-order chi connectivity index (χ1) is 9.11. The maximum absolute atomic E-state index is 12.5. The molecule has 0 bridgehead atoms. The van der Waals surface area contributed by atoms with Gasteiger partial charge in [-0.05, 0) is 49.8 Å². The lowest BCUT2D eigenvalue weighted by molar-refractivity contribution is 0.0672. The molecule has 1 unspecified atom stereocenters. The van der Waals surface area contributed by atoms with E-state index in [9.17, 15) is 4.79 Å². The Bertz CT molecular complexity index is 461. The smallest absolute Gasteiger partial charge is 0.253 e. The van der Waals surface area contributed by atoms with E-state index in [4.69, 9.17) is 11.6 Å². The third-order valence-electron chi connectivity index (χ3n) is 3.74. The number of nitrogens with zero attached hydrogens (tertiary/aromatic N) is 1. The van der Waals surface area contributed by atoms with Crippen LogP contribution < -0.4 is 0 Å². The van der Waals surface area contributed by atoms with E-state index >= 15 is 0 Å². The van der Waals surface area contributed by atoms with E-state index in [1.165, 1.54) is 6.42 Å². The molecule has 0 saturated carbocycles. The minimum Gasteiger partial charge on any atom is -0.338 e. The van der Waals surface area contributed by atoms with Gasteiger partial charge >= 0.3 is 0 Å². The maximum Gasteiger partial charge on any atom is 0.253 e. The van der Waals surface area contributed by atoms with Gasteiger partial charge in [0.25, 0.3) is 5.91 Å². The van der Waals surface area contributed by atoms with E-state index in [1.807, 2.05) is 24.0 Å². The molecule has 1 saturated heterocycles. The molecule has 1 aliphatic rings. The Morgan fingerprint density at radius 3 is 3.00 bits per heavy atom. The predicted octanol–water partition coefficient (Wildman–Crippen LogP) is 4.29. The zero-order chi connectivity index (χ0) is 13.8. The quantitative estimate of drug-likeness (QED) is 0.749. The summed E-state index contributed by atoms with van der Waals surface area (Å²) in [5, 5.41) is 1.68. The lowest BCUT2D eigenvalue weighted by Gasteiger charge is -2.32. The average Bonchev–Trinajstić information content (AvgIpc) is 2.42. The van der Waals surface area contributed by atoms with Gasteiger partial charge in [-0.25, -0.2) is 0 Å². The second-order valence-corrected chi connectivity index (χ2v) is 6.40. The van der Waals surface area contributed by atoms with Crippen LogP contribution in [-0.2, 0) is 0 Å². The Hall–Kier alpha value is -0.540. The first-order valence-corrected chi connectivity index (χ1v) is 8.23. The number of halogens is 2. The molecule has 1 fully saturated rings. The van der Waals surface area contributed by atoms with Crippen LogP contribution in [-0.4, -0.2) is 29.2 Å². The third kappa shape index (κ3) is 3.73. The van der Waals surface area contributed by atoms with Crippen molar-refractivity contribution in [3.8, 4) is 0 Å². The standard InChI is InChI=1S/C15H19BrClNO/c1-11-4-5-13(9-14(11)17)15(19)18-8-2-3-12(10-18)6-7-16/h4-5,9,12H,2-3,6-8,10H2,1H3. The number of benzene rings is 1. The Morgan fingerprint density at radius 1 is 1.53 bits per heavy atom. The Labute approximate surface area is 128 Å². The molecular weight excluding hydrogens is 326 g/mol. The van der Waals surface area contributed by atoms with Crippen LogP contribution in [0.3, 0.4) is 0 Å². The molecule has 19 heavy (non-hydrogen) atoms. The molecule has 104 valence electrons. The Kier molecular flexibility index (Phi) is 5.28. The zero-order valence-electron chi connectivity index (χ0n) is 11.2. The van der Waals surface area contributed by atoms with Crippen LogP contribution in [0.15, 0.2) is 18.2 Å². The van der Waals surface area contributed by atoms with Crippen molar-refractivity contribution in [1.29, 1.82) is 0 Å². The number of likely N-dealkylation sites (tertiary alicyclic amines) is 1. The molecule has 0 spiro atoms. The van der Waals surface area contributed by atoms with Crippen LogP contribution in [0, 0.1) is 12.8 Å². The van der Waals surface area contributed by atoms with Gasteiger partial charge in [0, 0.05) is 29.0 Å². The molecule has 2 rings (SSSR count). The highest BCUT2D eigenvalue weighted by Crippen LogP contribution is 2.23. The number of alkyl halides is 1. The molecule has 1 aromatic rings. The largest absolute Gasteiger partial charge is 0.338 e. The summed E-state index contributed by atoms with van der Waals surface area (Å²) in [6.45, 7) is 3.68. The number of amides is 1. The summed E-state index contributed by atoms with van der Waals surface area (Å²) < 4.78 is 0. The summed E-state index contributed by atoms with van der Waals surface area (Å²) in [5.74, 6) is 0.735. The molecule has 2 nitrogen and oxygen atoms in total. The van der Waals surface area contributed by atoms with E-state index in [-0.39, 0.29) is 5.91 Å². The van der Waals surface area contributed by atoms with Gasteiger partial charge in [0.2, 0.25) is 0 Å². The fourth-order valence-electron chi connectivity index (χ4n) is 2.55. The van der Waals surface area contributed by atoms with E-state index < -0.39 is 0 Å². The van der Waals surface area contributed by atoms with Gasteiger partial charge in [0.1, 0.15) is 0 Å². The van der Waals surface area contributed by atoms with Crippen molar-refractivity contribution >= 4 is 33.4 Å². The number of carbonyl (C=O) groups is 1. The van der Waals surface area contributed by atoms with Gasteiger partial charge < -0.3 is 4.90 Å². The van der Waals surface area contributed by atoms with E-state index in [0.29, 0.717) is 16.5 Å². The number of carbonyl (C=O) groups excluding carboxylic acids is 1. The molecule has 0 aromatic heterocycles. The fourth-order valence-corrected chi connectivity index (χ4v) is 3.38. The molecule has 0 radical (unpaired) electrons. The molecule has 1 aliphatic heterocycles. The van der Waals surface area contributed by atoms with E-state index in [0.717, 1.165) is 36.8 Å². The van der Waals surface area contributed by atoms with Crippen LogP contribution in [0.25, 0.3) is 0 Å². The van der Waals surface area contributed by atoms with Crippen molar-refractivity contribution in [2.45, 2.75) is 26.2 Å². The topological polar surface area (TPSA) is 20.3 Å². The number of piperidine rings is 1. The molecule has 1 atom stereocenters. The van der Waals surface area contributed by atoms with Crippen molar-refractivity contribution in [2.24, 2.45) is 5.92 Å². The Balaban J connectivity index is 2.08. The normalized spacial score (nSPS) is 19.5. The molecule has 4 heteroatoms. The molecule has 0 N–H and O–H groups in total. The van der Waals surface area contributed by atoms with Crippen molar-refractivity contribution in [3.05, 3.63) is 34.3 Å². The van der Waals surface area contributed by atoms with Crippen molar-refractivity contribution in [1.82, 2.24) is 4.90 Å². The summed E-state index contributed by atoms with van der Waals surface area (Å²) in [6.07, 6.45) is 3.46. The van der Waals surface area contributed by atoms with Gasteiger partial charge in [-0.15, -0.1) is 0 Å². The van der Waals surface area contributed by atoms with Gasteiger partial charge in [0.05, 0.1) is 0 Å². The molecule has 1 aromatic carbocycles. The zero-order valence-corrected chi connectivity index (χ0v) is 13.5. The lowest BCUT2D eigenvalue weighted by Crippen LogP contribution is -2.40. The first-order valence-electron chi connectivity index (χ1n) is 6.73. The molecule has 1 amide bonds. The maximum atomic E-state index is 12.5. The van der Waals surface area contributed by atoms with Crippen LogP contribution in [0.2, 0.25) is 5.02 Å². The summed E-state index contributed by atoms with van der Waals surface area (Å²) in [4.78, 5) is 14.4. The second-order valence-electron chi connectivity index (χ2n) is 5.20. The third-order valence-corrected chi connectivity index (χ3v) is 4.61. The highest BCUT2D eigenvalue weighted by atomic mass is 79.9. The SMILES string of the molecule is Cc1ccc(C(=O)N2CCCC(CCBr)C2)cc1Cl. The number of aryl methyl sites for hydroxylation is 1. The van der Waals surface area contributed by atoms with Crippen LogP contribution >= 0.6 is 27.5 Å². The van der Waals surface area contributed by atoms with Crippen molar-refractivity contribution in [2.75, 3.05) is 18.4 Å². The first kappa shape index (κ1) is 14.9. The minimum absolute atomic E-state index is 0.112. The van der Waals surface area contributed by atoms with Gasteiger partial charge in [-0.1, -0.05) is 33.6 Å².